The monoisotopic (exact) mass is 196 g/mol. The van der Waals surface area contributed by atoms with Gasteiger partial charge in [0, 0.05) is 6.10 Å². The van der Waals surface area contributed by atoms with Crippen LogP contribution in [0.2, 0.25) is 0 Å². The van der Waals surface area contributed by atoms with Gasteiger partial charge in [0.15, 0.2) is 0 Å². The van der Waals surface area contributed by atoms with Gasteiger partial charge in [-0.15, -0.1) is 0 Å². The summed E-state index contributed by atoms with van der Waals surface area (Å²) in [7, 11) is 0. The van der Waals surface area contributed by atoms with Crippen LogP contribution in [0, 0.1) is 13.8 Å². The number of aliphatic hydroxyl groups excluding tert-OH is 1. The molecule has 0 aromatic heterocycles. The molecule has 0 aliphatic heterocycles. The summed E-state index contributed by atoms with van der Waals surface area (Å²) in [5, 5.41) is 8.06. The Morgan fingerprint density at radius 3 is 1.43 bits per heavy atom. The van der Waals surface area contributed by atoms with E-state index in [4.69, 9.17) is 16.6 Å². The zero-order chi connectivity index (χ0) is 11.3. The first-order chi connectivity index (χ1) is 6.34. The van der Waals surface area contributed by atoms with Crippen LogP contribution < -0.4 is 11.5 Å². The highest BCUT2D eigenvalue weighted by Gasteiger charge is 1.96. The average Bonchev–Trinajstić information content (AvgIpc) is 2.00. The van der Waals surface area contributed by atoms with E-state index in [-0.39, 0.29) is 6.10 Å². The average molecular weight is 196 g/mol. The third-order valence-electron chi connectivity index (χ3n) is 1.70. The van der Waals surface area contributed by atoms with E-state index in [0.29, 0.717) is 11.4 Å². The Bertz CT molecular complexity index is 243. The van der Waals surface area contributed by atoms with Crippen molar-refractivity contribution >= 4 is 11.4 Å². The summed E-state index contributed by atoms with van der Waals surface area (Å²) in [5.41, 5.74) is 14.8. The molecule has 0 atom stereocenters. The second kappa shape index (κ2) is 5.50. The van der Waals surface area contributed by atoms with Crippen LogP contribution in [-0.2, 0) is 0 Å². The van der Waals surface area contributed by atoms with Crippen molar-refractivity contribution in [3.63, 3.8) is 0 Å². The number of rotatable bonds is 0. The molecule has 5 N–H and O–H groups in total. The normalized spacial score (nSPS) is 9.57. The lowest BCUT2D eigenvalue weighted by Gasteiger charge is -2.03. The summed E-state index contributed by atoms with van der Waals surface area (Å²) in [4.78, 5) is 0. The number of aryl methyl sites for hydroxylation is 2. The Labute approximate surface area is 85.7 Å². The van der Waals surface area contributed by atoms with Crippen LogP contribution in [0.1, 0.15) is 25.0 Å². The number of nitrogen functional groups attached to an aromatic ring is 2. The van der Waals surface area contributed by atoms with E-state index in [0.717, 1.165) is 0 Å². The van der Waals surface area contributed by atoms with Crippen LogP contribution in [0.3, 0.4) is 0 Å². The Kier molecular flexibility index (Phi) is 5.02. The summed E-state index contributed by atoms with van der Waals surface area (Å²) in [6, 6.07) is 3.79. The Hall–Kier alpha value is -1.22. The largest absolute Gasteiger partial charge is 0.397 e. The van der Waals surface area contributed by atoms with Crippen LogP contribution in [0.5, 0.6) is 0 Å². The van der Waals surface area contributed by atoms with E-state index >= 15 is 0 Å². The van der Waals surface area contributed by atoms with Crippen molar-refractivity contribution in [2.24, 2.45) is 0 Å². The second-order valence-corrected chi connectivity index (χ2v) is 3.66. The number of hydrogen-bond donors (Lipinski definition) is 3. The summed E-state index contributed by atoms with van der Waals surface area (Å²) in [6.45, 7) is 7.48. The first kappa shape index (κ1) is 12.8. The van der Waals surface area contributed by atoms with Crippen molar-refractivity contribution in [3.8, 4) is 0 Å². The minimum atomic E-state index is -0.167. The molecule has 0 saturated carbocycles. The van der Waals surface area contributed by atoms with Crippen LogP contribution in [-0.4, -0.2) is 11.2 Å². The molecule has 0 bridgehead atoms. The first-order valence-electron chi connectivity index (χ1n) is 4.64. The molecule has 14 heavy (non-hydrogen) atoms. The number of hydrogen-bond acceptors (Lipinski definition) is 3. The van der Waals surface area contributed by atoms with Crippen LogP contribution >= 0.6 is 0 Å². The molecule has 1 aromatic carbocycles. The lowest BCUT2D eigenvalue weighted by Crippen LogP contribution is -1.96. The minimum Gasteiger partial charge on any atom is -0.397 e. The zero-order valence-electron chi connectivity index (χ0n) is 9.33. The molecule has 80 valence electrons. The molecule has 1 aromatic rings. The van der Waals surface area contributed by atoms with E-state index in [9.17, 15) is 0 Å². The van der Waals surface area contributed by atoms with Gasteiger partial charge in [-0.1, -0.05) is 0 Å². The van der Waals surface area contributed by atoms with Gasteiger partial charge >= 0.3 is 0 Å². The second-order valence-electron chi connectivity index (χ2n) is 3.66. The van der Waals surface area contributed by atoms with Gasteiger partial charge in [0.25, 0.3) is 0 Å². The highest BCUT2D eigenvalue weighted by Crippen LogP contribution is 2.18. The lowest BCUT2D eigenvalue weighted by atomic mass is 10.1. The van der Waals surface area contributed by atoms with Gasteiger partial charge in [0.2, 0.25) is 0 Å². The van der Waals surface area contributed by atoms with E-state index in [1.807, 2.05) is 26.0 Å². The van der Waals surface area contributed by atoms with E-state index in [2.05, 4.69) is 0 Å². The van der Waals surface area contributed by atoms with Crippen LogP contribution in [0.15, 0.2) is 12.1 Å². The van der Waals surface area contributed by atoms with E-state index in [1.165, 1.54) is 11.1 Å². The number of nitrogens with two attached hydrogens (primary N) is 2. The molecule has 0 aliphatic carbocycles. The fourth-order valence-electron chi connectivity index (χ4n) is 0.861. The Morgan fingerprint density at radius 1 is 1.00 bits per heavy atom. The topological polar surface area (TPSA) is 72.3 Å². The molecule has 0 radical (unpaired) electrons. The molecular formula is C11H20N2O. The molecule has 0 fully saturated rings. The molecular weight excluding hydrogens is 176 g/mol. The van der Waals surface area contributed by atoms with E-state index in [1.54, 1.807) is 13.8 Å². The van der Waals surface area contributed by atoms with Crippen molar-refractivity contribution in [2.75, 3.05) is 11.5 Å². The number of aliphatic hydroxyl groups is 1. The number of benzene rings is 1. The highest BCUT2D eigenvalue weighted by molar-refractivity contribution is 5.65. The maximum absolute atomic E-state index is 8.06. The quantitative estimate of drug-likeness (QED) is 0.554. The molecule has 0 aliphatic rings. The minimum absolute atomic E-state index is 0.167. The zero-order valence-corrected chi connectivity index (χ0v) is 9.33. The fraction of sp³-hybridized carbons (Fsp3) is 0.455. The van der Waals surface area contributed by atoms with Crippen molar-refractivity contribution in [2.45, 2.75) is 33.8 Å². The fourth-order valence-corrected chi connectivity index (χ4v) is 0.861. The smallest absolute Gasteiger partial charge is 0.0550 e. The molecule has 0 saturated heterocycles. The van der Waals surface area contributed by atoms with Crippen molar-refractivity contribution in [1.82, 2.24) is 0 Å². The third-order valence-corrected chi connectivity index (χ3v) is 1.70. The van der Waals surface area contributed by atoms with Gasteiger partial charge in [-0.05, 0) is 51.0 Å². The third kappa shape index (κ3) is 4.72. The first-order valence-corrected chi connectivity index (χ1v) is 4.64. The standard InChI is InChI=1S/C8H12N2.C3H8O/c1-5-3-7(9)8(10)4-6(5)2;1-3(2)4/h3-4H,9-10H2,1-2H3;3-4H,1-2H3. The molecule has 3 heteroatoms. The van der Waals surface area contributed by atoms with Crippen molar-refractivity contribution in [3.05, 3.63) is 23.3 Å². The van der Waals surface area contributed by atoms with Crippen molar-refractivity contribution in [1.29, 1.82) is 0 Å². The predicted octanol–water partition coefficient (Wildman–Crippen LogP) is 1.85. The summed E-state index contributed by atoms with van der Waals surface area (Å²) in [6.07, 6.45) is -0.167. The lowest BCUT2D eigenvalue weighted by molar-refractivity contribution is 0.216. The van der Waals surface area contributed by atoms with Crippen LogP contribution in [0.25, 0.3) is 0 Å². The van der Waals surface area contributed by atoms with Gasteiger partial charge in [-0.25, -0.2) is 0 Å². The summed E-state index contributed by atoms with van der Waals surface area (Å²) < 4.78 is 0. The predicted molar refractivity (Wildman–Crippen MR) is 62.1 cm³/mol. The Balaban J connectivity index is 0.000000364. The van der Waals surface area contributed by atoms with Gasteiger partial charge in [0.05, 0.1) is 11.4 Å². The summed E-state index contributed by atoms with van der Waals surface area (Å²) in [5.74, 6) is 0. The summed E-state index contributed by atoms with van der Waals surface area (Å²) >= 11 is 0. The molecule has 0 unspecified atom stereocenters. The van der Waals surface area contributed by atoms with Gasteiger partial charge in [0.1, 0.15) is 0 Å². The molecule has 0 amide bonds. The van der Waals surface area contributed by atoms with Gasteiger partial charge in [-0.3, -0.25) is 0 Å². The van der Waals surface area contributed by atoms with Crippen molar-refractivity contribution < 1.29 is 5.11 Å². The SMILES string of the molecule is CC(C)O.Cc1cc(N)c(N)cc1C. The van der Waals surface area contributed by atoms with Gasteiger partial charge in [-0.2, -0.15) is 0 Å². The van der Waals surface area contributed by atoms with Gasteiger partial charge < -0.3 is 16.6 Å². The van der Waals surface area contributed by atoms with Crippen LogP contribution in [0.4, 0.5) is 11.4 Å². The maximum Gasteiger partial charge on any atom is 0.0550 e. The molecule has 0 heterocycles. The molecule has 3 nitrogen and oxygen atoms in total. The molecule has 0 spiro atoms. The van der Waals surface area contributed by atoms with E-state index < -0.39 is 0 Å². The Morgan fingerprint density at radius 2 is 1.21 bits per heavy atom. The molecule has 1 rings (SSSR count). The number of anilines is 2. The maximum atomic E-state index is 8.06. The highest BCUT2D eigenvalue weighted by atomic mass is 16.3.